The van der Waals surface area contributed by atoms with Crippen molar-refractivity contribution in [3.63, 3.8) is 0 Å². The number of aromatic nitrogens is 4. The molecule has 11 heteroatoms. The normalized spacial score (nSPS) is 18.5. The van der Waals surface area contributed by atoms with Gasteiger partial charge in [0, 0.05) is 38.4 Å². The standard InChI is InChI=1S/C23H24F3N5O3/c24-23(25,26)16-1-2-17(28-21(16)32)22(33)31-9-4-13(5-10-31)15-3-8-27-20-18(15)29-19(30-20)14-6-11-34-12-7-14/h1-3,8,13-14H,4-7,9-12H2,(H,28,32)(H,27,29,30). The van der Waals surface area contributed by atoms with E-state index in [4.69, 9.17) is 9.72 Å². The summed E-state index contributed by atoms with van der Waals surface area (Å²) in [6, 6.07) is 3.64. The van der Waals surface area contributed by atoms with Crippen molar-refractivity contribution in [3.8, 4) is 0 Å². The number of H-pyrrole nitrogens is 2. The molecule has 0 aromatic carbocycles. The molecule has 5 heterocycles. The van der Waals surface area contributed by atoms with Gasteiger partial charge in [-0.05, 0) is 55.4 Å². The van der Waals surface area contributed by atoms with E-state index in [-0.39, 0.29) is 11.6 Å². The van der Waals surface area contributed by atoms with Gasteiger partial charge in [0.05, 0.1) is 0 Å². The van der Waals surface area contributed by atoms with Gasteiger partial charge in [0.25, 0.3) is 11.5 Å². The van der Waals surface area contributed by atoms with Crippen LogP contribution in [0.2, 0.25) is 0 Å². The highest BCUT2D eigenvalue weighted by atomic mass is 19.4. The molecule has 0 bridgehead atoms. The maximum absolute atomic E-state index is 12.8. The third-order valence-electron chi connectivity index (χ3n) is 6.71. The first-order valence-corrected chi connectivity index (χ1v) is 11.3. The minimum atomic E-state index is -4.76. The zero-order valence-corrected chi connectivity index (χ0v) is 18.3. The number of halogens is 3. The van der Waals surface area contributed by atoms with Crippen LogP contribution >= 0.6 is 0 Å². The fourth-order valence-electron chi connectivity index (χ4n) is 4.83. The van der Waals surface area contributed by atoms with Crippen molar-refractivity contribution in [2.24, 2.45) is 0 Å². The van der Waals surface area contributed by atoms with E-state index in [1.165, 1.54) is 0 Å². The van der Waals surface area contributed by atoms with Crippen molar-refractivity contribution < 1.29 is 22.7 Å². The van der Waals surface area contributed by atoms with E-state index < -0.39 is 23.2 Å². The van der Waals surface area contributed by atoms with Crippen LogP contribution in [-0.4, -0.2) is 57.0 Å². The third-order valence-corrected chi connectivity index (χ3v) is 6.71. The van der Waals surface area contributed by atoms with Gasteiger partial charge in [0.2, 0.25) is 0 Å². The molecule has 2 saturated heterocycles. The molecule has 180 valence electrons. The molecule has 0 spiro atoms. The highest BCUT2D eigenvalue weighted by molar-refractivity contribution is 5.92. The summed E-state index contributed by atoms with van der Waals surface area (Å²) in [6.07, 6.45) is 0.183. The Labute approximate surface area is 192 Å². The number of rotatable bonds is 3. The van der Waals surface area contributed by atoms with E-state index in [0.717, 1.165) is 54.7 Å². The molecular formula is C23H24F3N5O3. The first-order chi connectivity index (χ1) is 16.3. The fourth-order valence-corrected chi connectivity index (χ4v) is 4.83. The molecule has 2 aliphatic heterocycles. The van der Waals surface area contributed by atoms with Crippen LogP contribution in [0.15, 0.2) is 29.2 Å². The smallest absolute Gasteiger partial charge is 0.381 e. The number of hydrogen-bond acceptors (Lipinski definition) is 5. The van der Waals surface area contributed by atoms with Gasteiger partial charge in [-0.2, -0.15) is 13.2 Å². The Hall–Kier alpha value is -3.21. The number of imidazole rings is 1. The summed E-state index contributed by atoms with van der Waals surface area (Å²) in [7, 11) is 0. The molecule has 3 aromatic heterocycles. The minimum Gasteiger partial charge on any atom is -0.381 e. The van der Waals surface area contributed by atoms with Crippen LogP contribution in [0.1, 0.15) is 65.0 Å². The first kappa shape index (κ1) is 22.6. The van der Waals surface area contributed by atoms with Crippen LogP contribution in [0, 0.1) is 0 Å². The Balaban J connectivity index is 1.30. The molecular weight excluding hydrogens is 451 g/mol. The zero-order chi connectivity index (χ0) is 23.9. The predicted molar refractivity (Wildman–Crippen MR) is 117 cm³/mol. The van der Waals surface area contributed by atoms with Gasteiger partial charge in [-0.1, -0.05) is 0 Å². The number of hydrogen-bond donors (Lipinski definition) is 2. The maximum atomic E-state index is 12.8. The topological polar surface area (TPSA) is 104 Å². The molecule has 0 atom stereocenters. The van der Waals surface area contributed by atoms with Crippen molar-refractivity contribution in [1.29, 1.82) is 0 Å². The Kier molecular flexibility index (Phi) is 5.88. The molecule has 2 fully saturated rings. The van der Waals surface area contributed by atoms with E-state index in [0.29, 0.717) is 37.9 Å². The number of carbonyl (C=O) groups excluding carboxylic acids is 1. The van der Waals surface area contributed by atoms with Crippen LogP contribution < -0.4 is 5.56 Å². The molecule has 34 heavy (non-hydrogen) atoms. The van der Waals surface area contributed by atoms with E-state index in [1.807, 2.05) is 6.07 Å². The summed E-state index contributed by atoms with van der Waals surface area (Å²) in [5, 5.41) is 0. The minimum absolute atomic E-state index is 0.142. The number of likely N-dealkylation sites (tertiary alicyclic amines) is 1. The van der Waals surface area contributed by atoms with Crippen molar-refractivity contribution >= 4 is 17.1 Å². The van der Waals surface area contributed by atoms with Gasteiger partial charge in [-0.15, -0.1) is 0 Å². The fraction of sp³-hybridized carbons (Fsp3) is 0.478. The molecule has 3 aromatic rings. The van der Waals surface area contributed by atoms with Crippen LogP contribution in [0.4, 0.5) is 13.2 Å². The summed E-state index contributed by atoms with van der Waals surface area (Å²) in [6.45, 7) is 2.29. The number of alkyl halides is 3. The monoisotopic (exact) mass is 475 g/mol. The van der Waals surface area contributed by atoms with E-state index in [2.05, 4.69) is 15.0 Å². The van der Waals surface area contributed by atoms with Crippen molar-refractivity contribution in [2.45, 2.75) is 43.7 Å². The largest absolute Gasteiger partial charge is 0.421 e. The third kappa shape index (κ3) is 4.31. The van der Waals surface area contributed by atoms with Crippen molar-refractivity contribution in [3.05, 3.63) is 57.4 Å². The van der Waals surface area contributed by atoms with Gasteiger partial charge in [0.1, 0.15) is 22.6 Å². The Morgan fingerprint density at radius 1 is 1.03 bits per heavy atom. The quantitative estimate of drug-likeness (QED) is 0.603. The number of pyridine rings is 2. The van der Waals surface area contributed by atoms with Crippen LogP contribution in [0.25, 0.3) is 11.2 Å². The molecule has 2 N–H and O–H groups in total. The Morgan fingerprint density at radius 2 is 1.76 bits per heavy atom. The van der Waals surface area contributed by atoms with Gasteiger partial charge in [-0.25, -0.2) is 9.97 Å². The number of nitrogens with zero attached hydrogens (tertiary/aromatic N) is 3. The summed E-state index contributed by atoms with van der Waals surface area (Å²) in [4.78, 5) is 40.9. The lowest BCUT2D eigenvalue weighted by atomic mass is 9.89. The lowest BCUT2D eigenvalue weighted by Gasteiger charge is -2.32. The summed E-state index contributed by atoms with van der Waals surface area (Å²) in [5.41, 5.74) is -0.0960. The average Bonchev–Trinajstić information content (AvgIpc) is 3.28. The van der Waals surface area contributed by atoms with E-state index in [9.17, 15) is 22.8 Å². The second-order valence-electron chi connectivity index (χ2n) is 8.79. The number of aromatic amines is 2. The zero-order valence-electron chi connectivity index (χ0n) is 18.3. The molecule has 0 radical (unpaired) electrons. The second-order valence-corrected chi connectivity index (χ2v) is 8.79. The SMILES string of the molecule is O=C(c1ccc(C(F)(F)F)c(=O)[nH]1)N1CCC(c2ccnc3[nH]c(C4CCOCC4)nc23)CC1. The van der Waals surface area contributed by atoms with Gasteiger partial charge in [-0.3, -0.25) is 9.59 Å². The molecule has 8 nitrogen and oxygen atoms in total. The van der Waals surface area contributed by atoms with Gasteiger partial charge >= 0.3 is 6.18 Å². The Bertz CT molecular complexity index is 1250. The summed E-state index contributed by atoms with van der Waals surface area (Å²) >= 11 is 0. The number of carbonyl (C=O) groups is 1. The van der Waals surface area contributed by atoms with Gasteiger partial charge in [0.15, 0.2) is 5.65 Å². The van der Waals surface area contributed by atoms with Crippen LogP contribution in [0.5, 0.6) is 0 Å². The second kappa shape index (κ2) is 8.86. The number of nitrogens with one attached hydrogen (secondary N) is 2. The molecule has 2 aliphatic rings. The average molecular weight is 475 g/mol. The molecule has 0 unspecified atom stereocenters. The summed E-state index contributed by atoms with van der Waals surface area (Å²) < 4.78 is 43.9. The number of piperidine rings is 1. The van der Waals surface area contributed by atoms with E-state index in [1.54, 1.807) is 11.1 Å². The molecule has 1 amide bonds. The van der Waals surface area contributed by atoms with Gasteiger partial charge < -0.3 is 19.6 Å². The predicted octanol–water partition coefficient (Wildman–Crippen LogP) is 3.58. The van der Waals surface area contributed by atoms with Crippen molar-refractivity contribution in [1.82, 2.24) is 24.8 Å². The highest BCUT2D eigenvalue weighted by Gasteiger charge is 2.34. The number of fused-ring (bicyclic) bond motifs is 1. The summed E-state index contributed by atoms with van der Waals surface area (Å²) in [5.74, 6) is 0.941. The molecule has 0 aliphatic carbocycles. The van der Waals surface area contributed by atoms with Crippen molar-refractivity contribution in [2.75, 3.05) is 26.3 Å². The molecule has 0 saturated carbocycles. The molecule has 5 rings (SSSR count). The maximum Gasteiger partial charge on any atom is 0.421 e. The highest BCUT2D eigenvalue weighted by Crippen LogP contribution is 2.34. The van der Waals surface area contributed by atoms with Crippen LogP contribution in [0.3, 0.4) is 0 Å². The van der Waals surface area contributed by atoms with E-state index >= 15 is 0 Å². The lowest BCUT2D eigenvalue weighted by molar-refractivity contribution is -0.138. The van der Waals surface area contributed by atoms with Crippen LogP contribution in [-0.2, 0) is 10.9 Å². The number of amides is 1. The number of ether oxygens (including phenoxy) is 1. The first-order valence-electron chi connectivity index (χ1n) is 11.3. The lowest BCUT2D eigenvalue weighted by Crippen LogP contribution is -2.39. The Morgan fingerprint density at radius 3 is 2.44 bits per heavy atom.